The SMILES string of the molecule is COC(=O)OCOc1c2n(ccc1=S)N([C@H]1c3ccccc3CSc3cc(F)ccc31)[C@@H]1COCCN1C2=O. The normalized spacial score (nSPS) is 19.7. The highest BCUT2D eigenvalue weighted by Gasteiger charge is 2.45. The minimum atomic E-state index is -0.920. The van der Waals surface area contributed by atoms with Crippen molar-refractivity contribution in [1.29, 1.82) is 0 Å². The Labute approximate surface area is 233 Å². The molecule has 1 saturated heterocycles. The number of thioether (sulfide) groups is 1. The fourth-order valence-electron chi connectivity index (χ4n) is 5.25. The quantitative estimate of drug-likeness (QED) is 0.254. The van der Waals surface area contributed by atoms with E-state index in [1.807, 2.05) is 12.1 Å². The van der Waals surface area contributed by atoms with Crippen molar-refractivity contribution in [3.8, 4) is 5.75 Å². The lowest BCUT2D eigenvalue weighted by Gasteiger charge is -2.51. The number of amides is 1. The molecule has 1 aromatic heterocycles. The Bertz CT molecular complexity index is 1520. The van der Waals surface area contributed by atoms with Crippen LogP contribution in [0.1, 0.15) is 33.2 Å². The fraction of sp³-hybridized carbons (Fsp3) is 0.296. The van der Waals surface area contributed by atoms with Gasteiger partial charge in [0.1, 0.15) is 12.0 Å². The average Bonchev–Trinajstić information content (AvgIpc) is 3.11. The number of methoxy groups -OCH3 is 1. The summed E-state index contributed by atoms with van der Waals surface area (Å²) in [6, 6.07) is 14.2. The van der Waals surface area contributed by atoms with E-state index in [-0.39, 0.29) is 34.3 Å². The van der Waals surface area contributed by atoms with E-state index >= 15 is 0 Å². The van der Waals surface area contributed by atoms with Crippen LogP contribution in [0.15, 0.2) is 59.6 Å². The van der Waals surface area contributed by atoms with E-state index in [0.29, 0.717) is 18.9 Å². The van der Waals surface area contributed by atoms with Crippen LogP contribution in [-0.4, -0.2) is 61.5 Å². The van der Waals surface area contributed by atoms with E-state index in [9.17, 15) is 14.0 Å². The van der Waals surface area contributed by atoms with Gasteiger partial charge in [-0.25, -0.2) is 9.18 Å². The Morgan fingerprint density at radius 2 is 2.05 bits per heavy atom. The summed E-state index contributed by atoms with van der Waals surface area (Å²) in [5.41, 5.74) is 3.25. The summed E-state index contributed by atoms with van der Waals surface area (Å²) < 4.78 is 37.5. The Morgan fingerprint density at radius 1 is 1.21 bits per heavy atom. The molecule has 3 aliphatic rings. The molecule has 2 aromatic carbocycles. The molecule has 0 N–H and O–H groups in total. The molecule has 6 rings (SSSR count). The highest BCUT2D eigenvalue weighted by atomic mass is 32.2. The van der Waals surface area contributed by atoms with Gasteiger partial charge in [-0.15, -0.1) is 11.8 Å². The Balaban J connectivity index is 1.56. The second-order valence-electron chi connectivity index (χ2n) is 9.07. The number of morpholine rings is 1. The van der Waals surface area contributed by atoms with Gasteiger partial charge in [0.05, 0.1) is 30.9 Å². The van der Waals surface area contributed by atoms with E-state index in [0.717, 1.165) is 21.6 Å². The summed E-state index contributed by atoms with van der Waals surface area (Å²) in [5, 5.41) is 2.07. The zero-order chi connectivity index (χ0) is 27.1. The molecular formula is C27H24FN3O6S2. The van der Waals surface area contributed by atoms with Crippen LogP contribution < -0.4 is 9.75 Å². The topological polar surface area (TPSA) is 82.5 Å². The monoisotopic (exact) mass is 569 g/mol. The van der Waals surface area contributed by atoms with Crippen molar-refractivity contribution >= 4 is 36.0 Å². The van der Waals surface area contributed by atoms with Crippen LogP contribution in [0.2, 0.25) is 0 Å². The molecule has 4 heterocycles. The third-order valence-electron chi connectivity index (χ3n) is 6.97. The maximum Gasteiger partial charge on any atom is 0.510 e. The molecule has 3 aromatic rings. The largest absolute Gasteiger partial charge is 0.510 e. The van der Waals surface area contributed by atoms with Crippen LogP contribution in [0, 0.1) is 10.3 Å². The molecule has 12 heteroatoms. The number of ether oxygens (including phenoxy) is 4. The highest BCUT2D eigenvalue weighted by Crippen LogP contribution is 2.44. The zero-order valence-corrected chi connectivity index (χ0v) is 22.5. The zero-order valence-electron chi connectivity index (χ0n) is 20.9. The molecule has 1 amide bonds. The molecule has 1 fully saturated rings. The van der Waals surface area contributed by atoms with Crippen molar-refractivity contribution in [3.63, 3.8) is 0 Å². The van der Waals surface area contributed by atoms with Crippen molar-refractivity contribution in [1.82, 2.24) is 9.58 Å². The molecule has 9 nitrogen and oxygen atoms in total. The molecule has 3 aliphatic heterocycles. The van der Waals surface area contributed by atoms with Gasteiger partial charge in [-0.2, -0.15) is 0 Å². The second-order valence-corrected chi connectivity index (χ2v) is 10.5. The van der Waals surface area contributed by atoms with Crippen LogP contribution >= 0.6 is 24.0 Å². The first-order valence-corrected chi connectivity index (χ1v) is 13.6. The maximum atomic E-state index is 14.4. The first-order chi connectivity index (χ1) is 19.0. The number of carbonyl (C=O) groups is 2. The number of halogens is 1. The van der Waals surface area contributed by atoms with Crippen molar-refractivity contribution in [2.75, 3.05) is 38.7 Å². The van der Waals surface area contributed by atoms with Crippen LogP contribution in [0.3, 0.4) is 0 Å². The molecule has 0 radical (unpaired) electrons. The lowest BCUT2D eigenvalue weighted by molar-refractivity contribution is -0.0208. The van der Waals surface area contributed by atoms with Crippen molar-refractivity contribution in [3.05, 3.63) is 87.4 Å². The Kier molecular flexibility index (Phi) is 6.92. The number of benzene rings is 2. The lowest BCUT2D eigenvalue weighted by atomic mass is 9.93. The van der Waals surface area contributed by atoms with Crippen molar-refractivity contribution < 1.29 is 32.9 Å². The second kappa shape index (κ2) is 10.5. The van der Waals surface area contributed by atoms with Crippen LogP contribution in [0.5, 0.6) is 5.75 Å². The van der Waals surface area contributed by atoms with Gasteiger partial charge in [0.15, 0.2) is 11.4 Å². The molecule has 0 unspecified atom stereocenters. The van der Waals surface area contributed by atoms with Crippen LogP contribution in [0.4, 0.5) is 9.18 Å². The summed E-state index contributed by atoms with van der Waals surface area (Å²) in [4.78, 5) is 28.0. The number of carbonyl (C=O) groups excluding carboxylic acids is 2. The fourth-order valence-corrected chi connectivity index (χ4v) is 6.59. The number of aromatic nitrogens is 1. The minimum Gasteiger partial charge on any atom is -0.453 e. The van der Waals surface area contributed by atoms with Gasteiger partial charge in [0, 0.05) is 23.4 Å². The molecule has 202 valence electrons. The number of rotatable bonds is 4. The summed E-state index contributed by atoms with van der Waals surface area (Å²) in [5.74, 6) is 0.192. The van der Waals surface area contributed by atoms with E-state index in [1.54, 1.807) is 45.7 Å². The van der Waals surface area contributed by atoms with E-state index < -0.39 is 25.2 Å². The molecule has 0 spiro atoms. The number of nitrogens with zero attached hydrogens (tertiary/aromatic N) is 3. The highest BCUT2D eigenvalue weighted by molar-refractivity contribution is 7.98. The average molecular weight is 570 g/mol. The van der Waals surface area contributed by atoms with Gasteiger partial charge in [-0.05, 0) is 34.9 Å². The molecule has 39 heavy (non-hydrogen) atoms. The smallest absolute Gasteiger partial charge is 0.453 e. The third-order valence-corrected chi connectivity index (χ3v) is 8.41. The van der Waals surface area contributed by atoms with Gasteiger partial charge >= 0.3 is 6.16 Å². The first kappa shape index (κ1) is 25.7. The van der Waals surface area contributed by atoms with E-state index in [4.69, 9.17) is 26.4 Å². The van der Waals surface area contributed by atoms with E-state index in [2.05, 4.69) is 21.9 Å². The maximum absolute atomic E-state index is 14.4. The predicted molar refractivity (Wildman–Crippen MR) is 142 cm³/mol. The first-order valence-electron chi connectivity index (χ1n) is 12.2. The van der Waals surface area contributed by atoms with Gasteiger partial charge < -0.3 is 23.8 Å². The Hall–Kier alpha value is -3.61. The summed E-state index contributed by atoms with van der Waals surface area (Å²) in [7, 11) is 1.19. The summed E-state index contributed by atoms with van der Waals surface area (Å²) in [6.45, 7) is 0.527. The van der Waals surface area contributed by atoms with Gasteiger partial charge in [0.2, 0.25) is 6.79 Å². The molecular weight excluding hydrogens is 545 g/mol. The number of fused-ring (bicyclic) bond motifs is 4. The molecule has 0 saturated carbocycles. The van der Waals surface area contributed by atoms with Crippen LogP contribution in [0.25, 0.3) is 0 Å². The summed E-state index contributed by atoms with van der Waals surface area (Å²) >= 11 is 7.11. The summed E-state index contributed by atoms with van der Waals surface area (Å²) in [6.07, 6.45) is 0.355. The number of pyridine rings is 1. The van der Waals surface area contributed by atoms with Crippen molar-refractivity contribution in [2.45, 2.75) is 22.9 Å². The minimum absolute atomic E-state index is 0.118. The molecule has 2 atom stereocenters. The molecule has 0 bridgehead atoms. The standard InChI is InChI=1S/C27H24FN3O6S2/c1-34-27(33)37-15-36-25-20(38)8-9-30-24(25)26(32)29-10-11-35-13-22(29)31(30)23-18-5-3-2-4-16(18)14-39-21-12-17(28)6-7-19(21)23/h2-9,12,22-23H,10-11,13-15H2,1H3/t22-,23+/m1/s1. The molecule has 0 aliphatic carbocycles. The number of hydrogen-bond acceptors (Lipinski definition) is 9. The van der Waals surface area contributed by atoms with Gasteiger partial charge in [0.25, 0.3) is 5.91 Å². The lowest BCUT2D eigenvalue weighted by Crippen LogP contribution is -2.66. The van der Waals surface area contributed by atoms with E-state index in [1.165, 1.54) is 13.2 Å². The van der Waals surface area contributed by atoms with Crippen molar-refractivity contribution in [2.24, 2.45) is 0 Å². The third kappa shape index (κ3) is 4.52. The van der Waals surface area contributed by atoms with Crippen LogP contribution in [-0.2, 0) is 20.0 Å². The predicted octanol–water partition coefficient (Wildman–Crippen LogP) is 4.62. The van der Waals surface area contributed by atoms with Gasteiger partial charge in [-0.1, -0.05) is 42.5 Å². The Morgan fingerprint density at radius 3 is 2.90 bits per heavy atom. The number of hydrogen-bond donors (Lipinski definition) is 0. The van der Waals surface area contributed by atoms with Gasteiger partial charge in [-0.3, -0.25) is 14.5 Å².